The van der Waals surface area contributed by atoms with Crippen LogP contribution in [0.2, 0.25) is 0 Å². The van der Waals surface area contributed by atoms with Crippen molar-refractivity contribution < 1.29 is 0 Å². The summed E-state index contributed by atoms with van der Waals surface area (Å²) in [5.41, 5.74) is 1.03. The Hall–Kier alpha value is -1.30. The standard InChI is InChI=1S/C17H31N5S/c1-5-13-7-9-14(10-8-13)20-16(18-6-2)19-11-15-12-23-17(21-15)22(3)4/h12-14H,5-11H2,1-4H3,(H2,18,19,20). The van der Waals surface area contributed by atoms with Gasteiger partial charge in [0.05, 0.1) is 12.2 Å². The zero-order valence-electron chi connectivity index (χ0n) is 14.9. The molecule has 0 bridgehead atoms. The van der Waals surface area contributed by atoms with Gasteiger partial charge in [0, 0.05) is 32.1 Å². The van der Waals surface area contributed by atoms with Crippen LogP contribution in [0.15, 0.2) is 10.4 Å². The summed E-state index contributed by atoms with van der Waals surface area (Å²) in [4.78, 5) is 11.3. The van der Waals surface area contributed by atoms with Gasteiger partial charge in [0.1, 0.15) is 0 Å². The number of hydrogen-bond donors (Lipinski definition) is 2. The summed E-state index contributed by atoms with van der Waals surface area (Å²) >= 11 is 1.67. The molecule has 0 spiro atoms. The highest BCUT2D eigenvalue weighted by molar-refractivity contribution is 7.13. The number of hydrogen-bond acceptors (Lipinski definition) is 4. The summed E-state index contributed by atoms with van der Waals surface area (Å²) in [5, 5.41) is 10.1. The maximum atomic E-state index is 4.71. The fraction of sp³-hybridized carbons (Fsp3) is 0.765. The van der Waals surface area contributed by atoms with E-state index in [1.807, 2.05) is 19.0 Å². The molecule has 0 amide bonds. The third-order valence-electron chi connectivity index (χ3n) is 4.43. The first-order chi connectivity index (χ1) is 11.1. The molecule has 5 nitrogen and oxygen atoms in total. The molecule has 2 rings (SSSR count). The normalized spacial score (nSPS) is 22.0. The molecule has 1 heterocycles. The van der Waals surface area contributed by atoms with Crippen molar-refractivity contribution in [3.05, 3.63) is 11.1 Å². The number of nitrogens with one attached hydrogen (secondary N) is 2. The van der Waals surface area contributed by atoms with Gasteiger partial charge in [-0.05, 0) is 38.5 Å². The van der Waals surface area contributed by atoms with Crippen molar-refractivity contribution in [2.24, 2.45) is 10.9 Å². The van der Waals surface area contributed by atoms with Gasteiger partial charge < -0.3 is 15.5 Å². The Bertz CT molecular complexity index is 489. The van der Waals surface area contributed by atoms with Crippen molar-refractivity contribution >= 4 is 22.4 Å². The van der Waals surface area contributed by atoms with Crippen molar-refractivity contribution in [2.45, 2.75) is 58.5 Å². The van der Waals surface area contributed by atoms with Crippen LogP contribution in [0.1, 0.15) is 51.6 Å². The maximum Gasteiger partial charge on any atom is 0.191 e. The van der Waals surface area contributed by atoms with Crippen LogP contribution in [0.3, 0.4) is 0 Å². The molecular weight excluding hydrogens is 306 g/mol. The predicted octanol–water partition coefficient (Wildman–Crippen LogP) is 3.23. The summed E-state index contributed by atoms with van der Waals surface area (Å²) in [6, 6.07) is 0.559. The fourth-order valence-corrected chi connectivity index (χ4v) is 3.71. The lowest BCUT2D eigenvalue weighted by molar-refractivity contribution is 0.304. The molecule has 0 saturated heterocycles. The van der Waals surface area contributed by atoms with Crippen LogP contribution < -0.4 is 15.5 Å². The second kappa shape index (κ2) is 9.11. The van der Waals surface area contributed by atoms with Crippen LogP contribution in [-0.4, -0.2) is 37.6 Å². The monoisotopic (exact) mass is 337 g/mol. The Morgan fingerprint density at radius 3 is 2.61 bits per heavy atom. The molecule has 1 aromatic heterocycles. The van der Waals surface area contributed by atoms with Crippen LogP contribution >= 0.6 is 11.3 Å². The van der Waals surface area contributed by atoms with Crippen molar-refractivity contribution in [2.75, 3.05) is 25.5 Å². The lowest BCUT2D eigenvalue weighted by atomic mass is 9.84. The van der Waals surface area contributed by atoms with Gasteiger partial charge in [-0.3, -0.25) is 0 Å². The second-order valence-corrected chi connectivity index (χ2v) is 7.32. The Balaban J connectivity index is 1.89. The molecule has 0 aliphatic heterocycles. The van der Waals surface area contributed by atoms with Crippen molar-refractivity contribution in [1.29, 1.82) is 0 Å². The molecule has 1 aliphatic carbocycles. The predicted molar refractivity (Wildman–Crippen MR) is 100 cm³/mol. The highest BCUT2D eigenvalue weighted by Crippen LogP contribution is 2.26. The zero-order valence-corrected chi connectivity index (χ0v) is 15.7. The first-order valence-corrected chi connectivity index (χ1v) is 9.66. The first kappa shape index (κ1) is 18.0. The van der Waals surface area contributed by atoms with Gasteiger partial charge in [-0.15, -0.1) is 11.3 Å². The Morgan fingerprint density at radius 1 is 1.30 bits per heavy atom. The van der Waals surface area contributed by atoms with E-state index in [9.17, 15) is 0 Å². The maximum absolute atomic E-state index is 4.71. The van der Waals surface area contributed by atoms with Crippen molar-refractivity contribution in [3.63, 3.8) is 0 Å². The van der Waals surface area contributed by atoms with Crippen molar-refractivity contribution in [3.8, 4) is 0 Å². The van der Waals surface area contributed by atoms with Crippen LogP contribution in [0, 0.1) is 5.92 Å². The quantitative estimate of drug-likeness (QED) is 0.618. The van der Waals surface area contributed by atoms with Gasteiger partial charge in [-0.25, -0.2) is 9.98 Å². The topological polar surface area (TPSA) is 52.6 Å². The molecule has 1 aromatic rings. The van der Waals surface area contributed by atoms with E-state index in [1.165, 1.54) is 32.1 Å². The molecule has 130 valence electrons. The number of guanidine groups is 1. The Kier molecular flexibility index (Phi) is 7.15. The highest BCUT2D eigenvalue weighted by atomic mass is 32.1. The number of thiazole rings is 1. The SMILES string of the molecule is CCNC(=NCc1csc(N(C)C)n1)NC1CCC(CC)CC1. The van der Waals surface area contributed by atoms with Gasteiger partial charge in [0.2, 0.25) is 0 Å². The van der Waals surface area contributed by atoms with Gasteiger partial charge >= 0.3 is 0 Å². The lowest BCUT2D eigenvalue weighted by Gasteiger charge is -2.29. The minimum absolute atomic E-state index is 0.559. The average molecular weight is 338 g/mol. The lowest BCUT2D eigenvalue weighted by Crippen LogP contribution is -2.44. The molecule has 23 heavy (non-hydrogen) atoms. The molecule has 6 heteroatoms. The minimum atomic E-state index is 0.559. The van der Waals surface area contributed by atoms with Crippen molar-refractivity contribution in [1.82, 2.24) is 15.6 Å². The van der Waals surface area contributed by atoms with E-state index in [0.717, 1.165) is 29.2 Å². The molecule has 1 fully saturated rings. The van der Waals surface area contributed by atoms with Gasteiger partial charge in [0.15, 0.2) is 11.1 Å². The Morgan fingerprint density at radius 2 is 2.04 bits per heavy atom. The molecule has 1 aliphatic rings. The van der Waals surface area contributed by atoms with E-state index < -0.39 is 0 Å². The van der Waals surface area contributed by atoms with E-state index in [4.69, 9.17) is 4.99 Å². The zero-order chi connectivity index (χ0) is 16.7. The van der Waals surface area contributed by atoms with Crippen LogP contribution in [0.4, 0.5) is 5.13 Å². The van der Waals surface area contributed by atoms with Crippen LogP contribution in [0.25, 0.3) is 0 Å². The fourth-order valence-electron chi connectivity index (χ4n) is 2.96. The molecular formula is C17H31N5S. The number of nitrogens with zero attached hydrogens (tertiary/aromatic N) is 3. The summed E-state index contributed by atoms with van der Waals surface area (Å²) in [5.74, 6) is 1.85. The van der Waals surface area contributed by atoms with Gasteiger partial charge in [-0.1, -0.05) is 13.3 Å². The Labute approximate surface area is 144 Å². The molecule has 0 atom stereocenters. The summed E-state index contributed by atoms with van der Waals surface area (Å²) in [6.07, 6.45) is 6.51. The van der Waals surface area contributed by atoms with E-state index in [-0.39, 0.29) is 0 Å². The van der Waals surface area contributed by atoms with Crippen LogP contribution in [0.5, 0.6) is 0 Å². The largest absolute Gasteiger partial charge is 0.357 e. The average Bonchev–Trinajstić information content (AvgIpc) is 3.03. The van der Waals surface area contributed by atoms with E-state index in [2.05, 4.69) is 34.8 Å². The van der Waals surface area contributed by atoms with Crippen LogP contribution in [-0.2, 0) is 6.54 Å². The number of aliphatic imine (C=N–C) groups is 1. The highest BCUT2D eigenvalue weighted by Gasteiger charge is 2.20. The minimum Gasteiger partial charge on any atom is -0.357 e. The smallest absolute Gasteiger partial charge is 0.191 e. The van der Waals surface area contributed by atoms with E-state index in [1.54, 1.807) is 11.3 Å². The molecule has 0 unspecified atom stereocenters. The number of rotatable bonds is 6. The van der Waals surface area contributed by atoms with Gasteiger partial charge in [-0.2, -0.15) is 0 Å². The third-order valence-corrected chi connectivity index (χ3v) is 5.49. The second-order valence-electron chi connectivity index (χ2n) is 6.48. The first-order valence-electron chi connectivity index (χ1n) is 8.78. The van der Waals surface area contributed by atoms with E-state index >= 15 is 0 Å². The van der Waals surface area contributed by atoms with E-state index in [0.29, 0.717) is 12.6 Å². The van der Waals surface area contributed by atoms with Gasteiger partial charge in [0.25, 0.3) is 0 Å². The summed E-state index contributed by atoms with van der Waals surface area (Å²) < 4.78 is 0. The number of aromatic nitrogens is 1. The summed E-state index contributed by atoms with van der Waals surface area (Å²) in [6.45, 7) is 5.93. The molecule has 2 N–H and O–H groups in total. The summed E-state index contributed by atoms with van der Waals surface area (Å²) in [7, 11) is 4.04. The molecule has 1 saturated carbocycles. The number of anilines is 1. The third kappa shape index (κ3) is 5.68. The molecule has 0 radical (unpaired) electrons. The molecule has 0 aromatic carbocycles.